The zero-order valence-electron chi connectivity index (χ0n) is 13.6. The van der Waals surface area contributed by atoms with Gasteiger partial charge in [0.15, 0.2) is 12.3 Å². The van der Waals surface area contributed by atoms with Crippen LogP contribution in [-0.2, 0) is 9.53 Å². The van der Waals surface area contributed by atoms with E-state index in [4.69, 9.17) is 4.74 Å². The lowest BCUT2D eigenvalue weighted by Crippen LogP contribution is -2.40. The molecule has 0 bridgehead atoms. The lowest BCUT2D eigenvalue weighted by atomic mass is 10.1. The fourth-order valence-electron chi connectivity index (χ4n) is 3.20. The van der Waals surface area contributed by atoms with E-state index in [2.05, 4.69) is 15.4 Å². The van der Waals surface area contributed by atoms with Gasteiger partial charge >= 0.3 is 5.97 Å². The summed E-state index contributed by atoms with van der Waals surface area (Å²) in [6.45, 7) is 1.46. The fraction of sp³-hybridized carbons (Fsp3) is 0.529. The highest BCUT2D eigenvalue weighted by Gasteiger charge is 2.42. The second kappa shape index (κ2) is 5.89. The first-order valence-corrected chi connectivity index (χ1v) is 8.40. The number of nitrogens with one attached hydrogen (secondary N) is 1. The number of carbonyl (C=O) groups excluding carboxylic acids is 2. The van der Waals surface area contributed by atoms with Crippen molar-refractivity contribution in [3.8, 4) is 0 Å². The average molecular weight is 328 g/mol. The molecular formula is C17H20N4O3. The molecule has 7 heteroatoms. The minimum atomic E-state index is -0.564. The molecule has 2 aromatic rings. The summed E-state index contributed by atoms with van der Waals surface area (Å²) in [6.07, 6.45) is 8.07. The molecule has 7 nitrogen and oxygen atoms in total. The van der Waals surface area contributed by atoms with E-state index in [1.165, 1.54) is 30.2 Å². The predicted octanol–water partition coefficient (Wildman–Crippen LogP) is 1.50. The van der Waals surface area contributed by atoms with Crippen molar-refractivity contribution >= 4 is 17.5 Å². The number of hydrogen-bond donors (Lipinski definition) is 1. The van der Waals surface area contributed by atoms with Gasteiger partial charge in [0.25, 0.3) is 5.91 Å². The Bertz CT molecular complexity index is 780. The molecule has 1 N–H and O–H groups in total. The SMILES string of the molecule is Cc1nn2cccnc2c1C(=O)OCC(=O)NC(C1CC1)C1CC1. The molecule has 1 amide bonds. The van der Waals surface area contributed by atoms with Crippen LogP contribution >= 0.6 is 0 Å². The first-order valence-electron chi connectivity index (χ1n) is 8.40. The minimum absolute atomic E-state index is 0.228. The molecule has 4 rings (SSSR count). The summed E-state index contributed by atoms with van der Waals surface area (Å²) in [5, 5.41) is 7.27. The van der Waals surface area contributed by atoms with Crippen molar-refractivity contribution in [2.24, 2.45) is 11.8 Å². The maximum absolute atomic E-state index is 12.3. The van der Waals surface area contributed by atoms with Gasteiger partial charge in [0.1, 0.15) is 5.56 Å². The Kier molecular flexibility index (Phi) is 3.70. The summed E-state index contributed by atoms with van der Waals surface area (Å²) in [6, 6.07) is 1.99. The van der Waals surface area contributed by atoms with Gasteiger partial charge in [-0.2, -0.15) is 5.10 Å². The van der Waals surface area contributed by atoms with Gasteiger partial charge in [-0.3, -0.25) is 4.79 Å². The number of amides is 1. The second-order valence-electron chi connectivity index (χ2n) is 6.69. The third-order valence-corrected chi connectivity index (χ3v) is 4.70. The van der Waals surface area contributed by atoms with Crippen LogP contribution < -0.4 is 5.32 Å². The smallest absolute Gasteiger partial charge is 0.344 e. The van der Waals surface area contributed by atoms with Crippen molar-refractivity contribution in [1.29, 1.82) is 0 Å². The van der Waals surface area contributed by atoms with Crippen molar-refractivity contribution in [1.82, 2.24) is 19.9 Å². The van der Waals surface area contributed by atoms with E-state index < -0.39 is 5.97 Å². The zero-order valence-corrected chi connectivity index (χ0v) is 13.6. The van der Waals surface area contributed by atoms with E-state index in [1.807, 2.05) is 0 Å². The molecule has 0 spiro atoms. The highest BCUT2D eigenvalue weighted by Crippen LogP contribution is 2.44. The summed E-state index contributed by atoms with van der Waals surface area (Å²) >= 11 is 0. The van der Waals surface area contributed by atoms with Gasteiger partial charge in [0, 0.05) is 18.4 Å². The van der Waals surface area contributed by atoms with Gasteiger partial charge in [0.05, 0.1) is 5.69 Å². The molecule has 2 aliphatic carbocycles. The molecule has 0 saturated heterocycles. The standard InChI is InChI=1S/C17H20N4O3/c1-10-14(16-18-7-2-8-21(16)20-10)17(23)24-9-13(22)19-15(11-3-4-11)12-5-6-12/h2,7-8,11-12,15H,3-6,9H2,1H3,(H,19,22). The molecule has 2 aromatic heterocycles. The number of aromatic nitrogens is 3. The maximum Gasteiger partial charge on any atom is 0.344 e. The second-order valence-corrected chi connectivity index (χ2v) is 6.69. The Balaban J connectivity index is 1.38. The van der Waals surface area contributed by atoms with Crippen LogP contribution in [0.5, 0.6) is 0 Å². The summed E-state index contributed by atoms with van der Waals surface area (Å²) in [5.41, 5.74) is 1.28. The molecular weight excluding hydrogens is 308 g/mol. The molecule has 2 aliphatic rings. The third-order valence-electron chi connectivity index (χ3n) is 4.70. The summed E-state index contributed by atoms with van der Waals surface area (Å²) in [5.74, 6) is 0.436. The van der Waals surface area contributed by atoms with Gasteiger partial charge in [-0.15, -0.1) is 0 Å². The quantitative estimate of drug-likeness (QED) is 0.812. The largest absolute Gasteiger partial charge is 0.452 e. The van der Waals surface area contributed by atoms with Crippen LogP contribution in [0.1, 0.15) is 41.7 Å². The predicted molar refractivity (Wildman–Crippen MR) is 85.4 cm³/mol. The molecule has 0 unspecified atom stereocenters. The van der Waals surface area contributed by atoms with Gasteiger partial charge in [-0.05, 0) is 50.5 Å². The van der Waals surface area contributed by atoms with E-state index in [0.717, 1.165) is 0 Å². The summed E-state index contributed by atoms with van der Waals surface area (Å²) < 4.78 is 6.72. The van der Waals surface area contributed by atoms with Gasteiger partial charge in [0.2, 0.25) is 0 Å². The van der Waals surface area contributed by atoms with Crippen molar-refractivity contribution in [2.75, 3.05) is 6.61 Å². The van der Waals surface area contributed by atoms with Crippen LogP contribution in [0.3, 0.4) is 0 Å². The Hall–Kier alpha value is -2.44. The summed E-state index contributed by atoms with van der Waals surface area (Å²) in [7, 11) is 0. The van der Waals surface area contributed by atoms with Gasteiger partial charge in [-0.1, -0.05) is 0 Å². The number of esters is 1. The maximum atomic E-state index is 12.3. The average Bonchev–Trinajstić information content (AvgIpc) is 3.46. The van der Waals surface area contributed by atoms with Crippen LogP contribution in [0.4, 0.5) is 0 Å². The van der Waals surface area contributed by atoms with Gasteiger partial charge < -0.3 is 10.1 Å². The molecule has 126 valence electrons. The first kappa shape index (κ1) is 15.1. The summed E-state index contributed by atoms with van der Waals surface area (Å²) in [4.78, 5) is 28.6. The van der Waals surface area contributed by atoms with Crippen molar-refractivity contribution < 1.29 is 14.3 Å². The monoisotopic (exact) mass is 328 g/mol. The molecule has 0 aliphatic heterocycles. The minimum Gasteiger partial charge on any atom is -0.452 e. The molecule has 0 aromatic carbocycles. The highest BCUT2D eigenvalue weighted by atomic mass is 16.5. The lowest BCUT2D eigenvalue weighted by Gasteiger charge is -2.17. The lowest BCUT2D eigenvalue weighted by molar-refractivity contribution is -0.125. The number of ether oxygens (including phenoxy) is 1. The van der Waals surface area contributed by atoms with E-state index >= 15 is 0 Å². The Morgan fingerprint density at radius 2 is 2.04 bits per heavy atom. The number of aryl methyl sites for hydroxylation is 1. The van der Waals surface area contributed by atoms with E-state index in [0.29, 0.717) is 28.7 Å². The zero-order chi connectivity index (χ0) is 16.7. The first-order chi connectivity index (χ1) is 11.6. The Morgan fingerprint density at radius 3 is 2.71 bits per heavy atom. The number of carbonyl (C=O) groups is 2. The molecule has 2 saturated carbocycles. The highest BCUT2D eigenvalue weighted by molar-refractivity contribution is 5.98. The van der Waals surface area contributed by atoms with Crippen LogP contribution in [0.25, 0.3) is 5.65 Å². The van der Waals surface area contributed by atoms with Crippen LogP contribution in [0, 0.1) is 18.8 Å². The number of nitrogens with zero attached hydrogens (tertiary/aromatic N) is 3. The van der Waals surface area contributed by atoms with Crippen molar-refractivity contribution in [3.05, 3.63) is 29.7 Å². The Labute approximate surface area is 139 Å². The van der Waals surface area contributed by atoms with Crippen LogP contribution in [0.15, 0.2) is 18.5 Å². The van der Waals surface area contributed by atoms with E-state index in [-0.39, 0.29) is 18.6 Å². The Morgan fingerprint density at radius 1 is 1.33 bits per heavy atom. The molecule has 0 radical (unpaired) electrons. The van der Waals surface area contributed by atoms with Gasteiger partial charge in [-0.25, -0.2) is 14.3 Å². The van der Waals surface area contributed by atoms with Crippen LogP contribution in [0.2, 0.25) is 0 Å². The van der Waals surface area contributed by atoms with E-state index in [1.54, 1.807) is 25.4 Å². The van der Waals surface area contributed by atoms with Crippen molar-refractivity contribution in [3.63, 3.8) is 0 Å². The molecule has 24 heavy (non-hydrogen) atoms. The van der Waals surface area contributed by atoms with Crippen molar-refractivity contribution in [2.45, 2.75) is 38.6 Å². The topological polar surface area (TPSA) is 85.6 Å². The molecule has 2 heterocycles. The van der Waals surface area contributed by atoms with E-state index in [9.17, 15) is 9.59 Å². The third kappa shape index (κ3) is 2.98. The molecule has 2 fully saturated rings. The molecule has 0 atom stereocenters. The number of fused-ring (bicyclic) bond motifs is 1. The number of rotatable bonds is 6. The number of hydrogen-bond acceptors (Lipinski definition) is 5. The fourth-order valence-corrected chi connectivity index (χ4v) is 3.20. The normalized spacial score (nSPS) is 17.2. The van der Waals surface area contributed by atoms with Crippen LogP contribution in [-0.4, -0.2) is 39.1 Å².